The first-order valence-corrected chi connectivity index (χ1v) is 6.91. The van der Waals surface area contributed by atoms with E-state index in [0.29, 0.717) is 16.9 Å². The minimum Gasteiger partial charge on any atom is -0.438 e. The number of nitrogens with zero attached hydrogens (tertiary/aromatic N) is 2. The first-order chi connectivity index (χ1) is 9.49. The van der Waals surface area contributed by atoms with Crippen LogP contribution in [0.2, 0.25) is 5.02 Å². The molecule has 20 heavy (non-hydrogen) atoms. The highest BCUT2D eigenvalue weighted by molar-refractivity contribution is 6.30. The molecular formula is C15H18ClN3O. The molecule has 0 radical (unpaired) electrons. The zero-order valence-electron chi connectivity index (χ0n) is 12.1. The van der Waals surface area contributed by atoms with Gasteiger partial charge in [-0.1, -0.05) is 11.6 Å². The zero-order chi connectivity index (χ0) is 14.7. The van der Waals surface area contributed by atoms with Crippen molar-refractivity contribution in [2.24, 2.45) is 0 Å². The highest BCUT2D eigenvalue weighted by atomic mass is 35.5. The van der Waals surface area contributed by atoms with Gasteiger partial charge in [-0.05, 0) is 51.0 Å². The smallest absolute Gasteiger partial charge is 0.226 e. The van der Waals surface area contributed by atoms with Crippen LogP contribution in [0.25, 0.3) is 0 Å². The van der Waals surface area contributed by atoms with Crippen molar-refractivity contribution >= 4 is 17.5 Å². The number of anilines is 1. The van der Waals surface area contributed by atoms with E-state index in [2.05, 4.69) is 15.3 Å². The molecule has 0 fully saturated rings. The maximum Gasteiger partial charge on any atom is 0.226 e. The minimum atomic E-state index is 0.530. The van der Waals surface area contributed by atoms with Crippen LogP contribution >= 0.6 is 11.6 Å². The number of aromatic nitrogens is 2. The molecule has 4 nitrogen and oxygen atoms in total. The summed E-state index contributed by atoms with van der Waals surface area (Å²) in [6, 6.07) is 5.57. The lowest BCUT2D eigenvalue weighted by Crippen LogP contribution is -2.04. The summed E-state index contributed by atoms with van der Waals surface area (Å²) < 4.78 is 5.91. The molecule has 2 aromatic rings. The number of benzene rings is 1. The number of halogens is 1. The van der Waals surface area contributed by atoms with E-state index in [4.69, 9.17) is 16.3 Å². The van der Waals surface area contributed by atoms with Crippen LogP contribution in [0.4, 0.5) is 5.95 Å². The van der Waals surface area contributed by atoms with Gasteiger partial charge in [-0.25, -0.2) is 4.98 Å². The second-order valence-electron chi connectivity index (χ2n) is 4.67. The molecule has 1 N–H and O–H groups in total. The van der Waals surface area contributed by atoms with Crippen LogP contribution in [0, 0.1) is 20.8 Å². The van der Waals surface area contributed by atoms with Crippen LogP contribution in [0.15, 0.2) is 18.2 Å². The Morgan fingerprint density at radius 2 is 1.75 bits per heavy atom. The van der Waals surface area contributed by atoms with Gasteiger partial charge in [0.1, 0.15) is 5.75 Å². The summed E-state index contributed by atoms with van der Waals surface area (Å²) in [6.45, 7) is 8.61. The van der Waals surface area contributed by atoms with Crippen molar-refractivity contribution in [1.29, 1.82) is 0 Å². The summed E-state index contributed by atoms with van der Waals surface area (Å²) in [5.74, 6) is 1.89. The second-order valence-corrected chi connectivity index (χ2v) is 5.11. The Morgan fingerprint density at radius 1 is 1.10 bits per heavy atom. The molecule has 0 spiro atoms. The van der Waals surface area contributed by atoms with Crippen molar-refractivity contribution in [2.75, 3.05) is 11.9 Å². The van der Waals surface area contributed by atoms with Crippen molar-refractivity contribution in [1.82, 2.24) is 9.97 Å². The standard InChI is InChI=1S/C15H18ClN3O/c1-5-17-15-18-11(4)8-13(19-15)20-14-9(2)6-12(16)7-10(14)3/h6-8H,5H2,1-4H3,(H,17,18,19). The fourth-order valence-electron chi connectivity index (χ4n) is 1.99. The molecule has 0 aliphatic carbocycles. The molecular weight excluding hydrogens is 274 g/mol. The number of hydrogen-bond donors (Lipinski definition) is 1. The predicted molar refractivity (Wildman–Crippen MR) is 81.9 cm³/mol. The topological polar surface area (TPSA) is 47.0 Å². The number of nitrogens with one attached hydrogen (secondary N) is 1. The second kappa shape index (κ2) is 6.09. The molecule has 0 saturated carbocycles. The van der Waals surface area contributed by atoms with Crippen molar-refractivity contribution in [2.45, 2.75) is 27.7 Å². The molecule has 5 heteroatoms. The van der Waals surface area contributed by atoms with Gasteiger partial charge < -0.3 is 10.1 Å². The number of ether oxygens (including phenoxy) is 1. The SMILES string of the molecule is CCNc1nc(C)cc(Oc2c(C)cc(Cl)cc2C)n1. The predicted octanol–water partition coefficient (Wildman–Crippen LogP) is 4.28. The van der Waals surface area contributed by atoms with E-state index in [9.17, 15) is 0 Å². The average Bonchev–Trinajstić information content (AvgIpc) is 2.33. The molecule has 0 amide bonds. The van der Waals surface area contributed by atoms with E-state index in [0.717, 1.165) is 29.1 Å². The molecule has 0 atom stereocenters. The molecule has 1 aromatic carbocycles. The van der Waals surface area contributed by atoms with Crippen LogP contribution in [-0.2, 0) is 0 Å². The normalized spacial score (nSPS) is 10.4. The summed E-state index contributed by atoms with van der Waals surface area (Å²) in [4.78, 5) is 8.65. The maximum atomic E-state index is 6.03. The number of hydrogen-bond acceptors (Lipinski definition) is 4. The van der Waals surface area contributed by atoms with Gasteiger partial charge in [0.2, 0.25) is 11.8 Å². The lowest BCUT2D eigenvalue weighted by Gasteiger charge is -2.13. The summed E-state index contributed by atoms with van der Waals surface area (Å²) in [5.41, 5.74) is 2.82. The van der Waals surface area contributed by atoms with Gasteiger partial charge >= 0.3 is 0 Å². The van der Waals surface area contributed by atoms with E-state index < -0.39 is 0 Å². The average molecular weight is 292 g/mol. The minimum absolute atomic E-state index is 0.530. The van der Waals surface area contributed by atoms with Gasteiger partial charge in [0.05, 0.1) is 0 Å². The van der Waals surface area contributed by atoms with E-state index >= 15 is 0 Å². The Bertz CT molecular complexity index is 606. The molecule has 0 saturated heterocycles. The monoisotopic (exact) mass is 291 g/mol. The van der Waals surface area contributed by atoms with Crippen LogP contribution in [0.5, 0.6) is 11.6 Å². The van der Waals surface area contributed by atoms with E-state index in [-0.39, 0.29) is 0 Å². The molecule has 1 aromatic heterocycles. The van der Waals surface area contributed by atoms with E-state index in [1.54, 1.807) is 0 Å². The van der Waals surface area contributed by atoms with Gasteiger partial charge in [0.25, 0.3) is 0 Å². The van der Waals surface area contributed by atoms with Gasteiger partial charge in [-0.3, -0.25) is 0 Å². The first kappa shape index (κ1) is 14.6. The van der Waals surface area contributed by atoms with Crippen LogP contribution in [0.1, 0.15) is 23.7 Å². The fourth-order valence-corrected chi connectivity index (χ4v) is 2.32. The lowest BCUT2D eigenvalue weighted by molar-refractivity contribution is 0.455. The van der Waals surface area contributed by atoms with Crippen LogP contribution < -0.4 is 10.1 Å². The zero-order valence-corrected chi connectivity index (χ0v) is 12.9. The third kappa shape index (κ3) is 3.39. The Kier molecular flexibility index (Phi) is 4.45. The third-order valence-corrected chi connectivity index (χ3v) is 3.02. The van der Waals surface area contributed by atoms with Crippen LogP contribution in [-0.4, -0.2) is 16.5 Å². The highest BCUT2D eigenvalue weighted by Crippen LogP contribution is 2.31. The Balaban J connectivity index is 2.35. The first-order valence-electron chi connectivity index (χ1n) is 6.53. The van der Waals surface area contributed by atoms with Crippen molar-refractivity contribution in [3.63, 3.8) is 0 Å². The lowest BCUT2D eigenvalue weighted by atomic mass is 10.1. The summed E-state index contributed by atoms with van der Waals surface area (Å²) in [6.07, 6.45) is 0. The largest absolute Gasteiger partial charge is 0.438 e. The molecule has 0 aliphatic heterocycles. The molecule has 0 bridgehead atoms. The molecule has 2 rings (SSSR count). The van der Waals surface area contributed by atoms with E-state index in [1.165, 1.54) is 0 Å². The van der Waals surface area contributed by atoms with Gasteiger partial charge in [-0.2, -0.15) is 4.98 Å². The molecule has 0 unspecified atom stereocenters. The maximum absolute atomic E-state index is 6.03. The quantitative estimate of drug-likeness (QED) is 0.913. The highest BCUT2D eigenvalue weighted by Gasteiger charge is 2.09. The molecule has 1 heterocycles. The summed E-state index contributed by atoms with van der Waals surface area (Å²) >= 11 is 6.03. The Morgan fingerprint density at radius 3 is 2.35 bits per heavy atom. The van der Waals surface area contributed by atoms with E-state index in [1.807, 2.05) is 45.9 Å². The van der Waals surface area contributed by atoms with Crippen LogP contribution in [0.3, 0.4) is 0 Å². The Hall–Kier alpha value is -1.81. The van der Waals surface area contributed by atoms with Gasteiger partial charge in [0, 0.05) is 23.3 Å². The molecule has 0 aliphatic rings. The summed E-state index contributed by atoms with van der Waals surface area (Å²) in [7, 11) is 0. The third-order valence-electron chi connectivity index (χ3n) is 2.80. The summed E-state index contributed by atoms with van der Waals surface area (Å²) in [5, 5.41) is 3.80. The number of aryl methyl sites for hydroxylation is 3. The van der Waals surface area contributed by atoms with Gasteiger partial charge in [0.15, 0.2) is 0 Å². The van der Waals surface area contributed by atoms with Crippen molar-refractivity contribution < 1.29 is 4.74 Å². The fraction of sp³-hybridized carbons (Fsp3) is 0.333. The van der Waals surface area contributed by atoms with Gasteiger partial charge in [-0.15, -0.1) is 0 Å². The van der Waals surface area contributed by atoms with Crippen molar-refractivity contribution in [3.05, 3.63) is 40.0 Å². The molecule has 106 valence electrons. The Labute approximate surface area is 124 Å². The van der Waals surface area contributed by atoms with Crippen molar-refractivity contribution in [3.8, 4) is 11.6 Å². The number of rotatable bonds is 4.